The summed E-state index contributed by atoms with van der Waals surface area (Å²) in [5.41, 5.74) is 2.81. The van der Waals surface area contributed by atoms with Crippen molar-refractivity contribution in [3.05, 3.63) is 0 Å². The number of esters is 2. The molecule has 0 aliphatic carbocycles. The van der Waals surface area contributed by atoms with Crippen LogP contribution in [0.25, 0.3) is 0 Å². The Bertz CT molecular complexity index is 900. The summed E-state index contributed by atoms with van der Waals surface area (Å²) in [7, 11) is 0. The van der Waals surface area contributed by atoms with Crippen LogP contribution >= 0.6 is 0 Å². The van der Waals surface area contributed by atoms with E-state index in [1.807, 2.05) is 0 Å². The molecule has 0 radical (unpaired) electrons. The molecular formula is C31H48N4O9. The van der Waals surface area contributed by atoms with Crippen molar-refractivity contribution in [1.29, 1.82) is 0 Å². The van der Waals surface area contributed by atoms with Crippen LogP contribution in [0.4, 0.5) is 0 Å². The minimum atomic E-state index is -1.16. The first-order valence-corrected chi connectivity index (χ1v) is 13.9. The van der Waals surface area contributed by atoms with E-state index in [4.69, 9.17) is 59.8 Å². The summed E-state index contributed by atoms with van der Waals surface area (Å²) in [6, 6.07) is 0. The van der Waals surface area contributed by atoms with Crippen molar-refractivity contribution in [2.24, 2.45) is 5.73 Å². The molecule has 0 aliphatic heterocycles. The van der Waals surface area contributed by atoms with E-state index in [0.717, 1.165) is 0 Å². The zero-order valence-corrected chi connectivity index (χ0v) is 26.1. The number of hydrogen-bond donors (Lipinski definition) is 5. The number of ether oxygens (including phenoxy) is 6. The monoisotopic (exact) mass is 620 g/mol. The third-order valence-electron chi connectivity index (χ3n) is 5.80. The number of aliphatic hydroxyl groups is 1. The van der Waals surface area contributed by atoms with Gasteiger partial charge in [0, 0.05) is 0 Å². The summed E-state index contributed by atoms with van der Waals surface area (Å²) in [6.45, 7) is 5.40. The molecule has 246 valence electrons. The van der Waals surface area contributed by atoms with Gasteiger partial charge in [0.05, 0.1) is 56.1 Å². The molecule has 0 amide bonds. The Morgan fingerprint density at radius 1 is 0.682 bits per heavy atom. The van der Waals surface area contributed by atoms with Gasteiger partial charge in [0.25, 0.3) is 0 Å². The first-order chi connectivity index (χ1) is 20.9. The Morgan fingerprint density at radius 3 is 1.32 bits per heavy atom. The fourth-order valence-corrected chi connectivity index (χ4v) is 3.54. The van der Waals surface area contributed by atoms with Crippen LogP contribution in [-0.2, 0) is 38.0 Å². The third kappa shape index (κ3) is 19.9. The number of hydrogen-bond acceptors (Lipinski definition) is 13. The minimum Gasteiger partial charge on any atom is -0.463 e. The number of nitrogens with one attached hydrogen (secondary N) is 3. The lowest BCUT2D eigenvalue weighted by atomic mass is 10.0. The number of terminal acetylenes is 4. The maximum Gasteiger partial charge on any atom is 0.320 e. The zero-order valence-electron chi connectivity index (χ0n) is 26.1. The maximum atomic E-state index is 12.7. The van der Waals surface area contributed by atoms with E-state index in [9.17, 15) is 14.7 Å². The molecule has 0 rings (SSSR count). The molecule has 0 aromatic rings. The quantitative estimate of drug-likeness (QED) is 0.0324. The molecule has 0 heterocycles. The second-order valence-corrected chi connectivity index (χ2v) is 10.7. The van der Waals surface area contributed by atoms with Gasteiger partial charge in [-0.15, -0.1) is 25.7 Å². The van der Waals surface area contributed by atoms with Crippen LogP contribution in [0.2, 0.25) is 0 Å². The predicted octanol–water partition coefficient (Wildman–Crippen LogP) is -1.62. The molecule has 13 heteroatoms. The second-order valence-electron chi connectivity index (χ2n) is 10.7. The van der Waals surface area contributed by atoms with Gasteiger partial charge in [0.15, 0.2) is 0 Å². The van der Waals surface area contributed by atoms with Crippen LogP contribution < -0.4 is 21.7 Å². The average molecular weight is 621 g/mol. The van der Waals surface area contributed by atoms with Crippen LogP contribution in [0.15, 0.2) is 0 Å². The third-order valence-corrected chi connectivity index (χ3v) is 5.80. The number of nitrogens with two attached hydrogens (primary N) is 1. The lowest BCUT2D eigenvalue weighted by Gasteiger charge is -2.33. The Kier molecular flexibility index (Phi) is 21.6. The van der Waals surface area contributed by atoms with E-state index in [0.29, 0.717) is 0 Å². The SMILES string of the molecule is C#CCOCC(C)(COCC#C)NCC(=O)OCC(C)(COC(=O)CNC(C)(COCC#C)COCC#C)NC(O)CCN. The van der Waals surface area contributed by atoms with Gasteiger partial charge >= 0.3 is 11.9 Å². The molecule has 0 fully saturated rings. The van der Waals surface area contributed by atoms with Crippen molar-refractivity contribution in [2.45, 2.75) is 50.0 Å². The normalized spacial score (nSPS) is 12.3. The van der Waals surface area contributed by atoms with E-state index in [1.165, 1.54) is 0 Å². The first kappa shape index (κ1) is 40.8. The number of carbonyl (C=O) groups is 2. The molecule has 0 saturated heterocycles. The Hall–Kier alpha value is -3.18. The van der Waals surface area contributed by atoms with E-state index < -0.39 is 34.8 Å². The first-order valence-electron chi connectivity index (χ1n) is 13.9. The minimum absolute atomic E-state index is 0.0819. The van der Waals surface area contributed by atoms with Crippen molar-refractivity contribution in [1.82, 2.24) is 16.0 Å². The van der Waals surface area contributed by atoms with Crippen molar-refractivity contribution in [3.63, 3.8) is 0 Å². The predicted molar refractivity (Wildman–Crippen MR) is 165 cm³/mol. The summed E-state index contributed by atoms with van der Waals surface area (Å²) in [4.78, 5) is 25.3. The van der Waals surface area contributed by atoms with Gasteiger partial charge in [0.1, 0.15) is 45.9 Å². The number of rotatable bonds is 26. The van der Waals surface area contributed by atoms with Crippen LogP contribution in [0.5, 0.6) is 0 Å². The largest absolute Gasteiger partial charge is 0.463 e. The Morgan fingerprint density at radius 2 is 1.02 bits per heavy atom. The van der Waals surface area contributed by atoms with Crippen LogP contribution in [0.1, 0.15) is 27.2 Å². The van der Waals surface area contributed by atoms with Gasteiger partial charge in [0.2, 0.25) is 0 Å². The van der Waals surface area contributed by atoms with Crippen molar-refractivity contribution < 1.29 is 43.1 Å². The van der Waals surface area contributed by atoms with Gasteiger partial charge in [-0.1, -0.05) is 23.7 Å². The Labute approximate surface area is 261 Å². The van der Waals surface area contributed by atoms with Crippen molar-refractivity contribution in [2.75, 3.05) is 85.7 Å². The highest BCUT2D eigenvalue weighted by atomic mass is 16.6. The van der Waals surface area contributed by atoms with Crippen LogP contribution in [0, 0.1) is 49.4 Å². The van der Waals surface area contributed by atoms with Crippen molar-refractivity contribution >= 4 is 11.9 Å². The van der Waals surface area contributed by atoms with Gasteiger partial charge in [-0.3, -0.25) is 25.5 Å². The highest BCUT2D eigenvalue weighted by Crippen LogP contribution is 2.11. The zero-order chi connectivity index (χ0) is 33.3. The van der Waals surface area contributed by atoms with Crippen LogP contribution in [0.3, 0.4) is 0 Å². The van der Waals surface area contributed by atoms with E-state index in [-0.39, 0.29) is 92.1 Å². The molecule has 0 spiro atoms. The lowest BCUT2D eigenvalue weighted by molar-refractivity contribution is -0.151. The highest BCUT2D eigenvalue weighted by molar-refractivity contribution is 5.72. The summed E-state index contributed by atoms with van der Waals surface area (Å²) in [6.07, 6.45) is 20.1. The number of carbonyl (C=O) groups excluding carboxylic acids is 2. The molecule has 13 nitrogen and oxygen atoms in total. The Balaban J connectivity index is 5.23. The topological polar surface area (TPSA) is 172 Å². The molecule has 0 bridgehead atoms. The smallest absolute Gasteiger partial charge is 0.320 e. The molecule has 1 atom stereocenters. The fourth-order valence-electron chi connectivity index (χ4n) is 3.54. The molecule has 0 aliphatic rings. The average Bonchev–Trinajstić information content (AvgIpc) is 2.98. The van der Waals surface area contributed by atoms with Crippen molar-refractivity contribution in [3.8, 4) is 49.4 Å². The van der Waals surface area contributed by atoms with E-state index in [1.54, 1.807) is 20.8 Å². The molecule has 1 unspecified atom stereocenters. The molecular weight excluding hydrogens is 572 g/mol. The molecule has 6 N–H and O–H groups in total. The van der Waals surface area contributed by atoms with E-state index >= 15 is 0 Å². The van der Waals surface area contributed by atoms with E-state index in [2.05, 4.69) is 39.6 Å². The molecule has 0 aromatic heterocycles. The van der Waals surface area contributed by atoms with Gasteiger partial charge < -0.3 is 39.3 Å². The molecule has 0 saturated carbocycles. The number of aliphatic hydroxyl groups excluding tert-OH is 1. The molecule has 0 aromatic carbocycles. The summed E-state index contributed by atoms with van der Waals surface area (Å²) in [5, 5.41) is 19.3. The second kappa shape index (κ2) is 23.2. The lowest BCUT2D eigenvalue weighted by Crippen LogP contribution is -2.57. The summed E-state index contributed by atoms with van der Waals surface area (Å²) < 4.78 is 32.6. The standard InChI is InChI=1S/C31H48N4O9/c1-8-14-39-20-29(5,21-40-15-9-2)33-18-27(37)43-24-31(7,35-26(36)12-13-32)25-44-28(38)19-34-30(6,22-41-16-10-3)23-42-17-11-4/h1-4,26,33-36H,12-25,32H2,5-7H3. The van der Waals surface area contributed by atoms with Gasteiger partial charge in [-0.05, 0) is 33.7 Å². The summed E-state index contributed by atoms with van der Waals surface area (Å²) in [5.74, 6) is 8.27. The van der Waals surface area contributed by atoms with Gasteiger partial charge in [-0.25, -0.2) is 0 Å². The summed E-state index contributed by atoms with van der Waals surface area (Å²) >= 11 is 0. The maximum absolute atomic E-state index is 12.7. The molecule has 44 heavy (non-hydrogen) atoms. The van der Waals surface area contributed by atoms with Gasteiger partial charge in [-0.2, -0.15) is 0 Å². The van der Waals surface area contributed by atoms with Crippen LogP contribution in [-0.4, -0.2) is 126 Å². The highest BCUT2D eigenvalue weighted by Gasteiger charge is 2.32. The fraction of sp³-hybridized carbons (Fsp3) is 0.677.